The van der Waals surface area contributed by atoms with Crippen LogP contribution in [0.5, 0.6) is 0 Å². The first-order valence-corrected chi connectivity index (χ1v) is 7.02. The van der Waals surface area contributed by atoms with Gasteiger partial charge in [0.15, 0.2) is 0 Å². The summed E-state index contributed by atoms with van der Waals surface area (Å²) in [6, 6.07) is 8.08. The second-order valence-corrected chi connectivity index (χ2v) is 5.96. The van der Waals surface area contributed by atoms with Gasteiger partial charge in [-0.05, 0) is 25.5 Å². The van der Waals surface area contributed by atoms with Crippen LogP contribution in [0.3, 0.4) is 0 Å². The predicted molar refractivity (Wildman–Crippen MR) is 78.6 cm³/mol. The minimum absolute atomic E-state index is 0.172. The summed E-state index contributed by atoms with van der Waals surface area (Å²) in [5.74, 6) is 0.172. The molecule has 1 saturated heterocycles. The smallest absolute Gasteiger partial charge is 0.227 e. The molecule has 1 aromatic carbocycles. The topological polar surface area (TPSA) is 45.3 Å². The number of nitrogens with one attached hydrogen (secondary N) is 1. The maximum atomic E-state index is 12.5. The van der Waals surface area contributed by atoms with Crippen LogP contribution in [0.1, 0.15) is 19.4 Å². The molecule has 2 aromatic rings. The number of H-pyrrole nitrogens is 1. The number of morpholine rings is 1. The van der Waals surface area contributed by atoms with Gasteiger partial charge in [0.25, 0.3) is 0 Å². The SMILES string of the molecule is CC1(C)CN(C(=O)Cc2c[nH]c3ccccc23)CCO1. The Morgan fingerprint density at radius 1 is 1.40 bits per heavy atom. The third-order valence-electron chi connectivity index (χ3n) is 3.79. The molecule has 0 saturated carbocycles. The number of aromatic nitrogens is 1. The average molecular weight is 272 g/mol. The van der Waals surface area contributed by atoms with Crippen molar-refractivity contribution in [3.63, 3.8) is 0 Å². The first-order chi connectivity index (χ1) is 9.55. The molecule has 0 spiro atoms. The lowest BCUT2D eigenvalue weighted by atomic mass is 10.1. The van der Waals surface area contributed by atoms with E-state index in [1.54, 1.807) is 0 Å². The lowest BCUT2D eigenvalue weighted by Crippen LogP contribution is -2.51. The van der Waals surface area contributed by atoms with Crippen LogP contribution in [-0.4, -0.2) is 41.1 Å². The molecule has 0 radical (unpaired) electrons. The monoisotopic (exact) mass is 272 g/mol. The first-order valence-electron chi connectivity index (χ1n) is 7.02. The zero-order valence-electron chi connectivity index (χ0n) is 12.0. The Kier molecular flexibility index (Phi) is 3.26. The Bertz CT molecular complexity index is 630. The van der Waals surface area contributed by atoms with Gasteiger partial charge in [0, 0.05) is 30.2 Å². The van der Waals surface area contributed by atoms with Gasteiger partial charge >= 0.3 is 0 Å². The van der Waals surface area contributed by atoms with Gasteiger partial charge in [-0.1, -0.05) is 18.2 Å². The van der Waals surface area contributed by atoms with Gasteiger partial charge in [-0.15, -0.1) is 0 Å². The van der Waals surface area contributed by atoms with Crippen LogP contribution >= 0.6 is 0 Å². The number of carbonyl (C=O) groups excluding carboxylic acids is 1. The highest BCUT2D eigenvalue weighted by atomic mass is 16.5. The number of hydrogen-bond donors (Lipinski definition) is 1. The molecule has 2 heterocycles. The lowest BCUT2D eigenvalue weighted by Gasteiger charge is -2.38. The van der Waals surface area contributed by atoms with Gasteiger partial charge in [-0.25, -0.2) is 0 Å². The van der Waals surface area contributed by atoms with Crippen LogP contribution < -0.4 is 0 Å². The summed E-state index contributed by atoms with van der Waals surface area (Å²) < 4.78 is 5.65. The molecule has 0 unspecified atom stereocenters. The molecule has 1 N–H and O–H groups in total. The number of fused-ring (bicyclic) bond motifs is 1. The third-order valence-corrected chi connectivity index (χ3v) is 3.79. The van der Waals surface area contributed by atoms with Crippen molar-refractivity contribution in [1.29, 1.82) is 0 Å². The number of nitrogens with zero attached hydrogens (tertiary/aromatic N) is 1. The molecule has 3 rings (SSSR count). The molecule has 4 nitrogen and oxygen atoms in total. The lowest BCUT2D eigenvalue weighted by molar-refractivity contribution is -0.145. The highest BCUT2D eigenvalue weighted by molar-refractivity contribution is 5.88. The minimum Gasteiger partial charge on any atom is -0.372 e. The van der Waals surface area contributed by atoms with Gasteiger partial charge in [0.2, 0.25) is 5.91 Å². The molecule has 1 aliphatic rings. The zero-order valence-corrected chi connectivity index (χ0v) is 12.0. The van der Waals surface area contributed by atoms with E-state index in [-0.39, 0.29) is 11.5 Å². The standard InChI is InChI=1S/C16H20N2O2/c1-16(2)11-18(7-8-20-16)15(19)9-12-10-17-14-6-4-3-5-13(12)14/h3-6,10,17H,7-9,11H2,1-2H3. The zero-order chi connectivity index (χ0) is 14.2. The van der Waals surface area contributed by atoms with Crippen molar-refractivity contribution < 1.29 is 9.53 Å². The molecule has 106 valence electrons. The van der Waals surface area contributed by atoms with Crippen molar-refractivity contribution in [3.8, 4) is 0 Å². The van der Waals surface area contributed by atoms with Gasteiger partial charge in [0.1, 0.15) is 0 Å². The number of benzene rings is 1. The Balaban J connectivity index is 1.76. The van der Waals surface area contributed by atoms with Crippen molar-refractivity contribution in [2.45, 2.75) is 25.9 Å². The number of ether oxygens (including phenoxy) is 1. The molecule has 0 atom stereocenters. The number of rotatable bonds is 2. The van der Waals surface area contributed by atoms with E-state index in [9.17, 15) is 4.79 Å². The largest absolute Gasteiger partial charge is 0.372 e. The summed E-state index contributed by atoms with van der Waals surface area (Å²) in [4.78, 5) is 17.6. The summed E-state index contributed by atoms with van der Waals surface area (Å²) in [7, 11) is 0. The van der Waals surface area contributed by atoms with E-state index in [2.05, 4.69) is 11.1 Å². The van der Waals surface area contributed by atoms with Crippen LogP contribution in [0.15, 0.2) is 30.5 Å². The van der Waals surface area contributed by atoms with Crippen LogP contribution in [0, 0.1) is 0 Å². The van der Waals surface area contributed by atoms with Crippen LogP contribution in [0.4, 0.5) is 0 Å². The van der Waals surface area contributed by atoms with E-state index in [1.807, 2.05) is 43.1 Å². The minimum atomic E-state index is -0.242. The molecule has 20 heavy (non-hydrogen) atoms. The Hall–Kier alpha value is -1.81. The number of amides is 1. The fraction of sp³-hybridized carbons (Fsp3) is 0.438. The maximum absolute atomic E-state index is 12.5. The van der Waals surface area contributed by atoms with Gasteiger partial charge in [0.05, 0.1) is 18.6 Å². The fourth-order valence-corrected chi connectivity index (χ4v) is 2.78. The van der Waals surface area contributed by atoms with E-state index in [0.717, 1.165) is 16.5 Å². The van der Waals surface area contributed by atoms with E-state index < -0.39 is 0 Å². The quantitative estimate of drug-likeness (QED) is 0.912. The van der Waals surface area contributed by atoms with Gasteiger partial charge < -0.3 is 14.6 Å². The van der Waals surface area contributed by atoms with E-state index in [0.29, 0.717) is 26.1 Å². The van der Waals surface area contributed by atoms with Crippen LogP contribution in [-0.2, 0) is 16.0 Å². The molecule has 1 aromatic heterocycles. The van der Waals surface area contributed by atoms with Gasteiger partial charge in [-0.3, -0.25) is 4.79 Å². The van der Waals surface area contributed by atoms with Crippen molar-refractivity contribution in [1.82, 2.24) is 9.88 Å². The van der Waals surface area contributed by atoms with Crippen molar-refractivity contribution in [2.75, 3.05) is 19.7 Å². The molecule has 1 fully saturated rings. The molecule has 1 amide bonds. The second-order valence-electron chi connectivity index (χ2n) is 5.96. The molecule has 1 aliphatic heterocycles. The van der Waals surface area contributed by atoms with Crippen molar-refractivity contribution in [2.24, 2.45) is 0 Å². The Morgan fingerprint density at radius 2 is 2.20 bits per heavy atom. The molecule has 0 bridgehead atoms. The fourth-order valence-electron chi connectivity index (χ4n) is 2.78. The number of aromatic amines is 1. The second kappa shape index (κ2) is 4.94. The molecule has 4 heteroatoms. The molecule has 0 aliphatic carbocycles. The van der Waals surface area contributed by atoms with E-state index in [4.69, 9.17) is 4.74 Å². The van der Waals surface area contributed by atoms with Crippen LogP contribution in [0.25, 0.3) is 10.9 Å². The molecular weight excluding hydrogens is 252 g/mol. The van der Waals surface area contributed by atoms with Crippen molar-refractivity contribution in [3.05, 3.63) is 36.0 Å². The summed E-state index contributed by atoms with van der Waals surface area (Å²) in [5.41, 5.74) is 1.90. The normalized spacial score (nSPS) is 18.4. The Labute approximate surface area is 118 Å². The Morgan fingerprint density at radius 3 is 3.00 bits per heavy atom. The molecular formula is C16H20N2O2. The number of para-hydroxylation sites is 1. The summed E-state index contributed by atoms with van der Waals surface area (Å²) >= 11 is 0. The predicted octanol–water partition coefficient (Wildman–Crippen LogP) is 2.35. The number of hydrogen-bond acceptors (Lipinski definition) is 2. The number of carbonyl (C=O) groups is 1. The summed E-state index contributed by atoms with van der Waals surface area (Å²) in [5, 5.41) is 1.13. The highest BCUT2D eigenvalue weighted by Crippen LogP contribution is 2.21. The maximum Gasteiger partial charge on any atom is 0.227 e. The average Bonchev–Trinajstić information content (AvgIpc) is 2.81. The van der Waals surface area contributed by atoms with Crippen LogP contribution in [0.2, 0.25) is 0 Å². The van der Waals surface area contributed by atoms with E-state index in [1.165, 1.54) is 0 Å². The van der Waals surface area contributed by atoms with E-state index >= 15 is 0 Å². The van der Waals surface area contributed by atoms with Gasteiger partial charge in [-0.2, -0.15) is 0 Å². The highest BCUT2D eigenvalue weighted by Gasteiger charge is 2.29. The first kappa shape index (κ1) is 13.2. The van der Waals surface area contributed by atoms with Crippen molar-refractivity contribution >= 4 is 16.8 Å². The summed E-state index contributed by atoms with van der Waals surface area (Å²) in [6.45, 7) is 6.02. The summed E-state index contributed by atoms with van der Waals surface area (Å²) in [6.07, 6.45) is 2.38. The third kappa shape index (κ3) is 2.56.